The average molecular weight is 187 g/mol. The lowest BCUT2D eigenvalue weighted by molar-refractivity contribution is 0.180. The average Bonchev–Trinajstić information content (AvgIpc) is 2.11. The summed E-state index contributed by atoms with van der Waals surface area (Å²) in [4.78, 5) is 0. The van der Waals surface area contributed by atoms with Crippen LogP contribution in [-0.2, 0) is 6.42 Å². The Bertz CT molecular complexity index is 271. The highest BCUT2D eigenvalue weighted by atomic mass is 19.1. The summed E-state index contributed by atoms with van der Waals surface area (Å²) in [5, 5.41) is 9.10. The third kappa shape index (κ3) is 2.47. The molecule has 0 aliphatic carbocycles. The van der Waals surface area contributed by atoms with E-state index in [4.69, 9.17) is 10.8 Å². The van der Waals surface area contributed by atoms with Crippen LogP contribution in [-0.4, -0.2) is 17.8 Å². The molecular formula is C9H11F2NO. The smallest absolute Gasteiger partial charge is 0.129 e. The van der Waals surface area contributed by atoms with Crippen molar-refractivity contribution in [3.05, 3.63) is 35.4 Å². The molecule has 3 N–H and O–H groups in total. The van der Waals surface area contributed by atoms with E-state index in [1.165, 1.54) is 6.07 Å². The van der Waals surface area contributed by atoms with Crippen molar-refractivity contribution in [2.45, 2.75) is 12.5 Å². The predicted octanol–water partition coefficient (Wildman–Crippen LogP) is 0.827. The zero-order valence-electron chi connectivity index (χ0n) is 7.00. The van der Waals surface area contributed by atoms with Gasteiger partial charge in [-0.1, -0.05) is 6.07 Å². The second-order valence-electron chi connectivity index (χ2n) is 2.79. The lowest BCUT2D eigenvalue weighted by Gasteiger charge is -2.08. The number of rotatable bonds is 3. The van der Waals surface area contributed by atoms with Gasteiger partial charge in [-0.15, -0.1) is 0 Å². The molecular weight excluding hydrogens is 176 g/mol. The third-order valence-corrected chi connectivity index (χ3v) is 1.77. The second kappa shape index (κ2) is 4.30. The van der Waals surface area contributed by atoms with E-state index in [1.807, 2.05) is 0 Å². The van der Waals surface area contributed by atoms with E-state index in [0.717, 1.165) is 12.1 Å². The third-order valence-electron chi connectivity index (χ3n) is 1.77. The van der Waals surface area contributed by atoms with Crippen LogP contribution in [0.4, 0.5) is 8.78 Å². The molecule has 1 aromatic carbocycles. The Hall–Kier alpha value is -1.00. The lowest BCUT2D eigenvalue weighted by Crippen LogP contribution is -2.23. The number of hydrogen-bond donors (Lipinski definition) is 2. The fraction of sp³-hybridized carbons (Fsp3) is 0.333. The van der Waals surface area contributed by atoms with Crippen molar-refractivity contribution in [1.82, 2.24) is 0 Å². The molecule has 0 heterocycles. The van der Waals surface area contributed by atoms with Gasteiger partial charge in [-0.25, -0.2) is 8.78 Å². The molecule has 1 unspecified atom stereocenters. The molecule has 72 valence electrons. The quantitative estimate of drug-likeness (QED) is 0.736. The SMILES string of the molecule is NCC(O)Cc1c(F)cccc1F. The van der Waals surface area contributed by atoms with Crippen LogP contribution in [0.15, 0.2) is 18.2 Å². The summed E-state index contributed by atoms with van der Waals surface area (Å²) in [6.07, 6.45) is -0.985. The Labute approximate surface area is 75.0 Å². The van der Waals surface area contributed by atoms with Crippen LogP contribution in [0.1, 0.15) is 5.56 Å². The van der Waals surface area contributed by atoms with Gasteiger partial charge < -0.3 is 10.8 Å². The van der Waals surface area contributed by atoms with Crippen LogP contribution in [0.2, 0.25) is 0 Å². The minimum atomic E-state index is -0.897. The van der Waals surface area contributed by atoms with Gasteiger partial charge in [0.15, 0.2) is 0 Å². The summed E-state index contributed by atoms with van der Waals surface area (Å²) in [7, 11) is 0. The highest BCUT2D eigenvalue weighted by molar-refractivity contribution is 5.20. The van der Waals surface area contributed by atoms with Crippen LogP contribution in [0.3, 0.4) is 0 Å². The van der Waals surface area contributed by atoms with Crippen molar-refractivity contribution in [2.75, 3.05) is 6.54 Å². The molecule has 1 atom stereocenters. The molecule has 0 saturated carbocycles. The first-order valence-electron chi connectivity index (χ1n) is 3.96. The standard InChI is InChI=1S/C9H11F2NO/c10-8-2-1-3-9(11)7(8)4-6(13)5-12/h1-3,6,13H,4-5,12H2. The maximum Gasteiger partial charge on any atom is 0.129 e. The van der Waals surface area contributed by atoms with Crippen molar-refractivity contribution in [3.8, 4) is 0 Å². The Morgan fingerprint density at radius 3 is 2.31 bits per heavy atom. The van der Waals surface area contributed by atoms with Crippen LogP contribution in [0, 0.1) is 11.6 Å². The Morgan fingerprint density at radius 2 is 1.85 bits per heavy atom. The number of halogens is 2. The topological polar surface area (TPSA) is 46.2 Å². The molecule has 1 rings (SSSR count). The number of aliphatic hydroxyl groups is 1. The van der Waals surface area contributed by atoms with Crippen LogP contribution in [0.25, 0.3) is 0 Å². The van der Waals surface area contributed by atoms with Crippen molar-refractivity contribution < 1.29 is 13.9 Å². The predicted molar refractivity (Wildman–Crippen MR) is 45.1 cm³/mol. The molecule has 0 amide bonds. The zero-order valence-corrected chi connectivity index (χ0v) is 7.00. The first-order chi connectivity index (χ1) is 6.15. The first-order valence-corrected chi connectivity index (χ1v) is 3.96. The van der Waals surface area contributed by atoms with Gasteiger partial charge in [0.05, 0.1) is 6.10 Å². The van der Waals surface area contributed by atoms with Gasteiger partial charge >= 0.3 is 0 Å². The molecule has 0 aliphatic heterocycles. The van der Waals surface area contributed by atoms with Gasteiger partial charge in [0, 0.05) is 18.5 Å². The minimum Gasteiger partial charge on any atom is -0.391 e. The van der Waals surface area contributed by atoms with Crippen LogP contribution in [0.5, 0.6) is 0 Å². The van der Waals surface area contributed by atoms with E-state index < -0.39 is 17.7 Å². The number of nitrogens with two attached hydrogens (primary N) is 1. The summed E-state index contributed by atoms with van der Waals surface area (Å²) in [5.74, 6) is -1.29. The molecule has 13 heavy (non-hydrogen) atoms. The van der Waals surface area contributed by atoms with E-state index in [0.29, 0.717) is 0 Å². The molecule has 2 nitrogen and oxygen atoms in total. The molecule has 0 saturated heterocycles. The molecule has 0 aliphatic rings. The number of benzene rings is 1. The summed E-state index contributed by atoms with van der Waals surface area (Å²) >= 11 is 0. The maximum atomic E-state index is 13.0. The Kier molecular flexibility index (Phi) is 3.33. The highest BCUT2D eigenvalue weighted by Crippen LogP contribution is 2.13. The molecule has 0 aromatic heterocycles. The lowest BCUT2D eigenvalue weighted by atomic mass is 10.1. The van der Waals surface area contributed by atoms with Crippen molar-refractivity contribution in [2.24, 2.45) is 5.73 Å². The molecule has 4 heteroatoms. The molecule has 1 aromatic rings. The number of hydrogen-bond acceptors (Lipinski definition) is 2. The summed E-state index contributed by atoms with van der Waals surface area (Å²) in [6.45, 7) is -0.00618. The normalized spacial score (nSPS) is 12.9. The van der Waals surface area contributed by atoms with Crippen molar-refractivity contribution in [1.29, 1.82) is 0 Å². The molecule has 0 spiro atoms. The van der Waals surface area contributed by atoms with Gasteiger partial charge in [0.25, 0.3) is 0 Å². The zero-order chi connectivity index (χ0) is 9.84. The van der Waals surface area contributed by atoms with E-state index in [9.17, 15) is 8.78 Å². The molecule has 0 bridgehead atoms. The van der Waals surface area contributed by atoms with Gasteiger partial charge in [0.1, 0.15) is 11.6 Å². The molecule has 0 fully saturated rings. The summed E-state index contributed by atoms with van der Waals surface area (Å²) in [6, 6.07) is 3.59. The van der Waals surface area contributed by atoms with Gasteiger partial charge in [0.2, 0.25) is 0 Å². The Balaban J connectivity index is 2.87. The van der Waals surface area contributed by atoms with Crippen molar-refractivity contribution >= 4 is 0 Å². The number of aliphatic hydroxyl groups excluding tert-OH is 1. The highest BCUT2D eigenvalue weighted by Gasteiger charge is 2.11. The fourth-order valence-corrected chi connectivity index (χ4v) is 1.05. The second-order valence-corrected chi connectivity index (χ2v) is 2.79. The van der Waals surface area contributed by atoms with Crippen LogP contribution < -0.4 is 5.73 Å². The van der Waals surface area contributed by atoms with Gasteiger partial charge in [-0.05, 0) is 12.1 Å². The maximum absolute atomic E-state index is 13.0. The van der Waals surface area contributed by atoms with Crippen molar-refractivity contribution in [3.63, 3.8) is 0 Å². The van der Waals surface area contributed by atoms with E-state index in [2.05, 4.69) is 0 Å². The first kappa shape index (κ1) is 10.1. The van der Waals surface area contributed by atoms with Crippen LogP contribution >= 0.6 is 0 Å². The monoisotopic (exact) mass is 187 g/mol. The fourth-order valence-electron chi connectivity index (χ4n) is 1.05. The van der Waals surface area contributed by atoms with E-state index in [1.54, 1.807) is 0 Å². The van der Waals surface area contributed by atoms with Gasteiger partial charge in [-0.2, -0.15) is 0 Å². The van der Waals surface area contributed by atoms with E-state index >= 15 is 0 Å². The minimum absolute atomic E-state index is 0.00618. The van der Waals surface area contributed by atoms with Gasteiger partial charge in [-0.3, -0.25) is 0 Å². The molecule has 0 radical (unpaired) electrons. The summed E-state index contributed by atoms with van der Waals surface area (Å²) in [5.41, 5.74) is 5.01. The largest absolute Gasteiger partial charge is 0.391 e. The Morgan fingerprint density at radius 1 is 1.31 bits per heavy atom. The van der Waals surface area contributed by atoms with E-state index in [-0.39, 0.29) is 18.5 Å². The summed E-state index contributed by atoms with van der Waals surface area (Å²) < 4.78 is 25.9.